The van der Waals surface area contributed by atoms with Crippen LogP contribution in [0.2, 0.25) is 5.15 Å². The summed E-state index contributed by atoms with van der Waals surface area (Å²) in [5.74, 6) is -7.03. The number of carbonyl (C=O) groups is 2. The molecule has 6 nitrogen and oxygen atoms in total. The number of carbonyl (C=O) groups excluding carboxylic acids is 2. The van der Waals surface area contributed by atoms with Gasteiger partial charge in [0.25, 0.3) is 5.91 Å². The van der Waals surface area contributed by atoms with E-state index in [2.05, 4.69) is 5.10 Å². The molecule has 32 heavy (non-hydrogen) atoms. The van der Waals surface area contributed by atoms with Gasteiger partial charge in [0.15, 0.2) is 24.1 Å². The summed E-state index contributed by atoms with van der Waals surface area (Å²) in [4.78, 5) is 23.7. The largest absolute Gasteiger partial charge is 0.452 e. The average molecular weight is 468 g/mol. The molecule has 0 atom stereocenters. The highest BCUT2D eigenvalue weighted by Crippen LogP contribution is 2.25. The third kappa shape index (κ3) is 5.14. The van der Waals surface area contributed by atoms with Crippen LogP contribution in [0.15, 0.2) is 42.5 Å². The summed E-state index contributed by atoms with van der Waals surface area (Å²) < 4.78 is 58.8. The number of anilines is 1. The first-order valence-electron chi connectivity index (χ1n) is 8.96. The fraction of sp³-hybridized carbons (Fsp3) is 0.0952. The van der Waals surface area contributed by atoms with Gasteiger partial charge in [0.2, 0.25) is 0 Å². The van der Waals surface area contributed by atoms with Crippen LogP contribution in [0.4, 0.5) is 23.2 Å². The minimum absolute atomic E-state index is 0.157. The van der Waals surface area contributed by atoms with Crippen molar-refractivity contribution in [1.82, 2.24) is 9.78 Å². The number of aromatic nitrogens is 2. The standard InChI is InChI=1S/C21H14ClF4N3O3/c1-11-14(21(22)29(28-11)13-4-2-12(23)3-5-13)6-9-18(31)32-10-17(30)27-16-8-7-15(24)19(25)20(16)26/h2-9H,10H2,1H3,(H,27,30)/b9-6+. The van der Waals surface area contributed by atoms with Gasteiger partial charge >= 0.3 is 5.97 Å². The maximum absolute atomic E-state index is 13.6. The van der Waals surface area contributed by atoms with Gasteiger partial charge in [-0.15, -0.1) is 0 Å². The van der Waals surface area contributed by atoms with Crippen molar-refractivity contribution in [3.8, 4) is 5.69 Å². The van der Waals surface area contributed by atoms with E-state index in [-0.39, 0.29) is 5.15 Å². The summed E-state index contributed by atoms with van der Waals surface area (Å²) in [5.41, 5.74) is 0.759. The molecule has 3 aromatic rings. The molecule has 0 aliphatic rings. The molecule has 0 fully saturated rings. The Bertz CT molecular complexity index is 1210. The van der Waals surface area contributed by atoms with Crippen LogP contribution in [0.3, 0.4) is 0 Å². The molecule has 0 unspecified atom stereocenters. The average Bonchev–Trinajstić information content (AvgIpc) is 3.05. The first-order valence-corrected chi connectivity index (χ1v) is 9.34. The lowest BCUT2D eigenvalue weighted by Gasteiger charge is -2.07. The Hall–Kier alpha value is -3.66. The Balaban J connectivity index is 1.62. The van der Waals surface area contributed by atoms with Crippen molar-refractivity contribution in [2.24, 2.45) is 0 Å². The molecular weight excluding hydrogens is 454 g/mol. The van der Waals surface area contributed by atoms with Gasteiger partial charge in [-0.3, -0.25) is 4.79 Å². The van der Waals surface area contributed by atoms with Crippen molar-refractivity contribution in [3.63, 3.8) is 0 Å². The number of nitrogens with zero attached hydrogens (tertiary/aromatic N) is 2. The molecular formula is C21H14ClF4N3O3. The van der Waals surface area contributed by atoms with Crippen molar-refractivity contribution >= 4 is 35.2 Å². The van der Waals surface area contributed by atoms with Crippen LogP contribution in [0.1, 0.15) is 11.3 Å². The molecule has 0 radical (unpaired) electrons. The van der Waals surface area contributed by atoms with Gasteiger partial charge in [0.1, 0.15) is 11.0 Å². The van der Waals surface area contributed by atoms with Crippen molar-refractivity contribution in [3.05, 3.63) is 82.2 Å². The quantitative estimate of drug-likeness (QED) is 0.249. The molecule has 1 N–H and O–H groups in total. The Morgan fingerprint density at radius 1 is 1.09 bits per heavy atom. The van der Waals surface area contributed by atoms with E-state index >= 15 is 0 Å². The monoisotopic (exact) mass is 467 g/mol. The van der Waals surface area contributed by atoms with Crippen LogP contribution < -0.4 is 5.32 Å². The Labute approximate surface area is 184 Å². The van der Waals surface area contributed by atoms with Gasteiger partial charge < -0.3 is 10.1 Å². The van der Waals surface area contributed by atoms with Gasteiger partial charge in [0.05, 0.1) is 17.1 Å². The number of nitrogens with one attached hydrogen (secondary N) is 1. The number of aryl methyl sites for hydroxylation is 1. The zero-order valence-corrected chi connectivity index (χ0v) is 17.1. The lowest BCUT2D eigenvalue weighted by atomic mass is 10.2. The lowest BCUT2D eigenvalue weighted by molar-refractivity contribution is -0.142. The predicted molar refractivity (Wildman–Crippen MR) is 108 cm³/mol. The van der Waals surface area contributed by atoms with Crippen molar-refractivity contribution in [2.75, 3.05) is 11.9 Å². The molecule has 1 heterocycles. The van der Waals surface area contributed by atoms with E-state index in [1.54, 1.807) is 6.92 Å². The summed E-state index contributed by atoms with van der Waals surface area (Å²) in [6.45, 7) is 0.837. The molecule has 0 spiro atoms. The highest BCUT2D eigenvalue weighted by Gasteiger charge is 2.16. The number of rotatable bonds is 6. The summed E-state index contributed by atoms with van der Waals surface area (Å²) in [6.07, 6.45) is 2.32. The van der Waals surface area contributed by atoms with Crippen LogP contribution in [0.5, 0.6) is 0 Å². The third-order valence-corrected chi connectivity index (χ3v) is 4.52. The minimum Gasteiger partial charge on any atom is -0.452 e. The molecule has 2 aromatic carbocycles. The highest BCUT2D eigenvalue weighted by molar-refractivity contribution is 6.31. The van der Waals surface area contributed by atoms with Gasteiger partial charge in [-0.2, -0.15) is 5.10 Å². The molecule has 0 aliphatic carbocycles. The Kier molecular flexibility index (Phi) is 6.94. The van der Waals surface area contributed by atoms with E-state index in [9.17, 15) is 27.2 Å². The van der Waals surface area contributed by atoms with Gasteiger partial charge in [0, 0.05) is 11.6 Å². The summed E-state index contributed by atoms with van der Waals surface area (Å²) in [7, 11) is 0. The van der Waals surface area contributed by atoms with Crippen molar-refractivity contribution in [1.29, 1.82) is 0 Å². The minimum atomic E-state index is -1.74. The summed E-state index contributed by atoms with van der Waals surface area (Å²) in [6, 6.07) is 6.91. The van der Waals surface area contributed by atoms with E-state index < -0.39 is 47.4 Å². The molecule has 3 rings (SSSR count). The number of esters is 1. The summed E-state index contributed by atoms with van der Waals surface area (Å²) >= 11 is 6.29. The van der Waals surface area contributed by atoms with Crippen LogP contribution >= 0.6 is 11.6 Å². The number of amides is 1. The number of hydrogen-bond acceptors (Lipinski definition) is 4. The first-order chi connectivity index (χ1) is 15.2. The molecule has 0 saturated heterocycles. The molecule has 1 amide bonds. The van der Waals surface area contributed by atoms with Crippen molar-refractivity contribution in [2.45, 2.75) is 6.92 Å². The zero-order valence-electron chi connectivity index (χ0n) is 16.3. The normalized spacial score (nSPS) is 11.1. The van der Waals surface area contributed by atoms with E-state index in [0.29, 0.717) is 23.0 Å². The fourth-order valence-electron chi connectivity index (χ4n) is 2.60. The molecule has 0 saturated carbocycles. The number of benzene rings is 2. The SMILES string of the molecule is Cc1nn(-c2ccc(F)cc2)c(Cl)c1/C=C/C(=O)OCC(=O)Nc1ccc(F)c(F)c1F. The van der Waals surface area contributed by atoms with E-state index in [1.807, 2.05) is 5.32 Å². The third-order valence-electron chi connectivity index (χ3n) is 4.16. The van der Waals surface area contributed by atoms with Crippen LogP contribution in [0, 0.1) is 30.2 Å². The fourth-order valence-corrected chi connectivity index (χ4v) is 2.93. The second-order valence-electron chi connectivity index (χ2n) is 6.39. The lowest BCUT2D eigenvalue weighted by Crippen LogP contribution is -2.21. The second-order valence-corrected chi connectivity index (χ2v) is 6.75. The van der Waals surface area contributed by atoms with Crippen LogP contribution in [-0.2, 0) is 14.3 Å². The second kappa shape index (κ2) is 9.65. The predicted octanol–water partition coefficient (Wildman–Crippen LogP) is 4.59. The summed E-state index contributed by atoms with van der Waals surface area (Å²) in [5, 5.41) is 6.36. The van der Waals surface area contributed by atoms with Gasteiger partial charge in [-0.25, -0.2) is 27.0 Å². The van der Waals surface area contributed by atoms with Crippen LogP contribution in [-0.4, -0.2) is 28.3 Å². The molecule has 0 aliphatic heterocycles. The van der Waals surface area contributed by atoms with Crippen LogP contribution in [0.25, 0.3) is 11.8 Å². The number of ether oxygens (including phenoxy) is 1. The highest BCUT2D eigenvalue weighted by atomic mass is 35.5. The molecule has 1 aromatic heterocycles. The first kappa shape index (κ1) is 23.0. The molecule has 166 valence electrons. The maximum atomic E-state index is 13.6. The van der Waals surface area contributed by atoms with E-state index in [4.69, 9.17) is 16.3 Å². The van der Waals surface area contributed by atoms with Gasteiger partial charge in [-0.1, -0.05) is 11.6 Å². The van der Waals surface area contributed by atoms with Gasteiger partial charge in [-0.05, 0) is 49.4 Å². The Morgan fingerprint density at radius 2 is 1.78 bits per heavy atom. The zero-order chi connectivity index (χ0) is 23.4. The maximum Gasteiger partial charge on any atom is 0.331 e. The topological polar surface area (TPSA) is 73.2 Å². The molecule has 11 heteroatoms. The van der Waals surface area contributed by atoms with E-state index in [1.165, 1.54) is 35.0 Å². The smallest absolute Gasteiger partial charge is 0.331 e. The van der Waals surface area contributed by atoms with Crippen molar-refractivity contribution < 1.29 is 31.9 Å². The Morgan fingerprint density at radius 3 is 2.47 bits per heavy atom. The van der Waals surface area contributed by atoms with E-state index in [0.717, 1.165) is 12.1 Å². The molecule has 0 bridgehead atoms. The number of hydrogen-bond donors (Lipinski definition) is 1. The number of halogens is 5.